The van der Waals surface area contributed by atoms with E-state index in [0.29, 0.717) is 29.7 Å². The molecule has 0 bridgehead atoms. The van der Waals surface area contributed by atoms with Gasteiger partial charge in [-0.3, -0.25) is 19.3 Å². The molecule has 2 heterocycles. The summed E-state index contributed by atoms with van der Waals surface area (Å²) in [6.07, 6.45) is 1.09. The van der Waals surface area contributed by atoms with Gasteiger partial charge in [-0.1, -0.05) is 0 Å². The molecular weight excluding hydrogens is 246 g/mol. The Morgan fingerprint density at radius 3 is 2.63 bits per heavy atom. The first kappa shape index (κ1) is 11.7. The van der Waals surface area contributed by atoms with E-state index in [1.165, 1.54) is 11.0 Å². The maximum atomic E-state index is 12.2. The van der Waals surface area contributed by atoms with E-state index >= 15 is 0 Å². The number of rotatable bonds is 2. The Balaban J connectivity index is 1.84. The molecule has 19 heavy (non-hydrogen) atoms. The first-order valence-corrected chi connectivity index (χ1v) is 6.11. The maximum absolute atomic E-state index is 12.2. The van der Waals surface area contributed by atoms with Crippen molar-refractivity contribution >= 4 is 23.4 Å². The van der Waals surface area contributed by atoms with Gasteiger partial charge in [-0.2, -0.15) is 0 Å². The van der Waals surface area contributed by atoms with Gasteiger partial charge < -0.3 is 11.1 Å². The van der Waals surface area contributed by atoms with E-state index in [9.17, 15) is 14.4 Å². The van der Waals surface area contributed by atoms with Crippen molar-refractivity contribution in [3.8, 4) is 0 Å². The fourth-order valence-corrected chi connectivity index (χ4v) is 2.51. The lowest BCUT2D eigenvalue weighted by Crippen LogP contribution is -2.41. The average Bonchev–Trinajstić information content (AvgIpc) is 2.88. The third-order valence-electron chi connectivity index (χ3n) is 3.48. The molecule has 3 rings (SSSR count). The molecule has 1 fully saturated rings. The average molecular weight is 259 g/mol. The Kier molecular flexibility index (Phi) is 2.51. The van der Waals surface area contributed by atoms with Crippen LogP contribution in [0.25, 0.3) is 0 Å². The minimum absolute atomic E-state index is 0.0362. The second-order valence-electron chi connectivity index (χ2n) is 4.83. The second kappa shape index (κ2) is 4.08. The van der Waals surface area contributed by atoms with Crippen molar-refractivity contribution in [2.75, 3.05) is 12.3 Å². The van der Waals surface area contributed by atoms with Gasteiger partial charge in [0.25, 0.3) is 11.8 Å². The summed E-state index contributed by atoms with van der Waals surface area (Å²) < 4.78 is 0. The number of benzene rings is 1. The van der Waals surface area contributed by atoms with Crippen molar-refractivity contribution in [1.29, 1.82) is 0 Å². The molecule has 2 aliphatic heterocycles. The van der Waals surface area contributed by atoms with Gasteiger partial charge in [0.2, 0.25) is 5.91 Å². The van der Waals surface area contributed by atoms with Gasteiger partial charge >= 0.3 is 0 Å². The quantitative estimate of drug-likeness (QED) is 0.584. The minimum atomic E-state index is -0.339. The fraction of sp³-hybridized carbons (Fsp3) is 0.308. The molecule has 0 saturated carbocycles. The molecule has 0 spiro atoms. The Hall–Kier alpha value is -2.37. The Bertz CT molecular complexity index is 597. The number of nitrogen functional groups attached to an aromatic ring is 1. The van der Waals surface area contributed by atoms with E-state index in [-0.39, 0.29) is 30.3 Å². The Morgan fingerprint density at radius 2 is 1.95 bits per heavy atom. The Morgan fingerprint density at radius 1 is 1.21 bits per heavy atom. The summed E-state index contributed by atoms with van der Waals surface area (Å²) in [5.74, 6) is -0.694. The molecule has 1 aromatic rings. The minimum Gasteiger partial charge on any atom is -0.399 e. The standard InChI is InChI=1S/C13H13N3O3/c14-7-1-3-9-10(5-7)13(19)16(12(9)18)6-8-2-4-11(17)15-8/h1,3,5,8H,2,4,6,14H2,(H,15,17). The number of carbonyl (C=O) groups is 3. The van der Waals surface area contributed by atoms with Crippen LogP contribution >= 0.6 is 0 Å². The first-order valence-electron chi connectivity index (χ1n) is 6.11. The molecule has 3 amide bonds. The van der Waals surface area contributed by atoms with Crippen LogP contribution in [0.1, 0.15) is 33.6 Å². The highest BCUT2D eigenvalue weighted by atomic mass is 16.2. The highest BCUT2D eigenvalue weighted by Crippen LogP contribution is 2.25. The summed E-state index contributed by atoms with van der Waals surface area (Å²) in [5, 5.41) is 2.75. The number of fused-ring (bicyclic) bond motifs is 1. The van der Waals surface area contributed by atoms with Gasteiger partial charge in [0.1, 0.15) is 0 Å². The van der Waals surface area contributed by atoms with Gasteiger partial charge in [0.05, 0.1) is 11.1 Å². The molecule has 0 aliphatic carbocycles. The van der Waals surface area contributed by atoms with E-state index in [4.69, 9.17) is 5.73 Å². The van der Waals surface area contributed by atoms with Crippen molar-refractivity contribution in [2.24, 2.45) is 0 Å². The monoisotopic (exact) mass is 259 g/mol. The predicted molar refractivity (Wildman–Crippen MR) is 67.4 cm³/mol. The fourth-order valence-electron chi connectivity index (χ4n) is 2.51. The lowest BCUT2D eigenvalue weighted by molar-refractivity contribution is -0.119. The zero-order valence-corrected chi connectivity index (χ0v) is 10.2. The van der Waals surface area contributed by atoms with Crippen LogP contribution in [0.2, 0.25) is 0 Å². The third kappa shape index (κ3) is 1.85. The van der Waals surface area contributed by atoms with E-state index in [1.807, 2.05) is 0 Å². The number of nitrogens with two attached hydrogens (primary N) is 1. The number of imide groups is 1. The summed E-state index contributed by atoms with van der Waals surface area (Å²) >= 11 is 0. The SMILES string of the molecule is Nc1ccc2c(c1)C(=O)N(CC1CCC(=O)N1)C2=O. The van der Waals surface area contributed by atoms with Crippen molar-refractivity contribution < 1.29 is 14.4 Å². The third-order valence-corrected chi connectivity index (χ3v) is 3.48. The van der Waals surface area contributed by atoms with Crippen LogP contribution in [0.3, 0.4) is 0 Å². The van der Waals surface area contributed by atoms with E-state index in [2.05, 4.69) is 5.32 Å². The lowest BCUT2D eigenvalue weighted by Gasteiger charge is -2.18. The lowest BCUT2D eigenvalue weighted by atomic mass is 10.1. The summed E-state index contributed by atoms with van der Waals surface area (Å²) in [4.78, 5) is 36.6. The van der Waals surface area contributed by atoms with Crippen LogP contribution in [0.5, 0.6) is 0 Å². The molecule has 1 atom stereocenters. The zero-order chi connectivity index (χ0) is 13.6. The molecule has 6 nitrogen and oxygen atoms in total. The maximum Gasteiger partial charge on any atom is 0.261 e. The normalized spacial score (nSPS) is 21.8. The zero-order valence-electron chi connectivity index (χ0n) is 10.2. The number of carbonyl (C=O) groups excluding carboxylic acids is 3. The van der Waals surface area contributed by atoms with Gasteiger partial charge in [0.15, 0.2) is 0 Å². The molecular formula is C13H13N3O3. The van der Waals surface area contributed by atoms with Crippen molar-refractivity contribution in [1.82, 2.24) is 10.2 Å². The van der Waals surface area contributed by atoms with Gasteiger partial charge in [-0.25, -0.2) is 0 Å². The summed E-state index contributed by atoms with van der Waals surface area (Å²) in [5.41, 5.74) is 6.80. The smallest absolute Gasteiger partial charge is 0.261 e. The molecule has 0 radical (unpaired) electrons. The van der Waals surface area contributed by atoms with Gasteiger partial charge in [-0.15, -0.1) is 0 Å². The molecule has 2 aliphatic rings. The van der Waals surface area contributed by atoms with E-state index in [0.717, 1.165) is 0 Å². The molecule has 1 saturated heterocycles. The largest absolute Gasteiger partial charge is 0.399 e. The first-order chi connectivity index (χ1) is 9.06. The predicted octanol–water partition coefficient (Wildman–Crippen LogP) is 0.143. The molecule has 6 heteroatoms. The van der Waals surface area contributed by atoms with Crippen LogP contribution in [0.15, 0.2) is 18.2 Å². The van der Waals surface area contributed by atoms with Gasteiger partial charge in [-0.05, 0) is 24.6 Å². The number of anilines is 1. The highest BCUT2D eigenvalue weighted by Gasteiger charge is 2.37. The van der Waals surface area contributed by atoms with Gasteiger partial charge in [0, 0.05) is 24.7 Å². The van der Waals surface area contributed by atoms with Crippen LogP contribution in [0.4, 0.5) is 5.69 Å². The number of amides is 3. The second-order valence-corrected chi connectivity index (χ2v) is 4.83. The van der Waals surface area contributed by atoms with Crippen molar-refractivity contribution in [3.63, 3.8) is 0 Å². The molecule has 1 aromatic carbocycles. The highest BCUT2D eigenvalue weighted by molar-refractivity contribution is 6.21. The van der Waals surface area contributed by atoms with E-state index < -0.39 is 0 Å². The van der Waals surface area contributed by atoms with Crippen LogP contribution in [-0.4, -0.2) is 35.2 Å². The number of nitrogens with one attached hydrogen (secondary N) is 1. The summed E-state index contributed by atoms with van der Waals surface area (Å²) in [6, 6.07) is 4.54. The Labute approximate surface area is 109 Å². The number of nitrogens with zero attached hydrogens (tertiary/aromatic N) is 1. The molecule has 3 N–H and O–H groups in total. The van der Waals surface area contributed by atoms with Crippen LogP contribution in [-0.2, 0) is 4.79 Å². The summed E-state index contributed by atoms with van der Waals surface area (Å²) in [7, 11) is 0. The van der Waals surface area contributed by atoms with Crippen LogP contribution < -0.4 is 11.1 Å². The molecule has 1 unspecified atom stereocenters. The van der Waals surface area contributed by atoms with E-state index in [1.54, 1.807) is 12.1 Å². The number of hydrogen-bond acceptors (Lipinski definition) is 4. The topological polar surface area (TPSA) is 92.5 Å². The number of hydrogen-bond donors (Lipinski definition) is 2. The van der Waals surface area contributed by atoms with Crippen molar-refractivity contribution in [3.05, 3.63) is 29.3 Å². The summed E-state index contributed by atoms with van der Waals surface area (Å²) in [6.45, 7) is 0.220. The molecule has 98 valence electrons. The molecule has 0 aromatic heterocycles. The van der Waals surface area contributed by atoms with Crippen molar-refractivity contribution in [2.45, 2.75) is 18.9 Å². The van der Waals surface area contributed by atoms with Crippen LogP contribution in [0, 0.1) is 0 Å².